The van der Waals surface area contributed by atoms with Crippen LogP contribution in [0.15, 0.2) is 71.6 Å². The molecule has 190 valence electrons. The van der Waals surface area contributed by atoms with E-state index in [0.717, 1.165) is 43.2 Å². The summed E-state index contributed by atoms with van der Waals surface area (Å²) in [5.74, 6) is -0.524. The van der Waals surface area contributed by atoms with Crippen LogP contribution in [0, 0.1) is 0 Å². The van der Waals surface area contributed by atoms with Gasteiger partial charge in [-0.1, -0.05) is 18.2 Å². The maximum atomic E-state index is 12.9. The zero-order chi connectivity index (χ0) is 26.3. The van der Waals surface area contributed by atoms with Crippen molar-refractivity contribution in [2.75, 3.05) is 36.5 Å². The van der Waals surface area contributed by atoms with Crippen LogP contribution < -0.4 is 9.62 Å². The van der Waals surface area contributed by atoms with Crippen LogP contribution >= 0.6 is 0 Å². The lowest BCUT2D eigenvalue weighted by Crippen LogP contribution is -2.37. The standard InChI is InChI=1S/C25H28N4O5S2/c1-5-28-23-9-7-6-8-21(23)22-16-18(10-15-24(22)28)26-25(30)17-29(35(4,31)32)19-11-13-20(14-12-19)36(33,34)27(2)3/h6-16H,5,17H2,1-4H3,(H,26,30). The van der Waals surface area contributed by atoms with Gasteiger partial charge < -0.3 is 9.88 Å². The van der Waals surface area contributed by atoms with Crippen molar-refractivity contribution in [2.45, 2.75) is 18.4 Å². The summed E-state index contributed by atoms with van der Waals surface area (Å²) in [5, 5.41) is 4.85. The Morgan fingerprint density at radius 2 is 1.53 bits per heavy atom. The SMILES string of the molecule is CCn1c2ccccc2c2cc(NC(=O)CN(c3ccc(S(=O)(=O)N(C)C)cc3)S(C)(=O)=O)ccc21. The summed E-state index contributed by atoms with van der Waals surface area (Å²) in [7, 11) is -4.67. The maximum absolute atomic E-state index is 12.9. The quantitative estimate of drug-likeness (QED) is 0.377. The second kappa shape index (κ2) is 9.57. The number of fused-ring (bicyclic) bond motifs is 3. The van der Waals surface area contributed by atoms with E-state index in [1.54, 1.807) is 6.07 Å². The third-order valence-electron chi connectivity index (χ3n) is 5.96. The lowest BCUT2D eigenvalue weighted by Gasteiger charge is -2.22. The zero-order valence-electron chi connectivity index (χ0n) is 20.5. The highest BCUT2D eigenvalue weighted by Crippen LogP contribution is 2.31. The van der Waals surface area contributed by atoms with Crippen LogP contribution in [0.1, 0.15) is 6.92 Å². The van der Waals surface area contributed by atoms with Gasteiger partial charge in [0, 0.05) is 48.1 Å². The fraction of sp³-hybridized carbons (Fsp3) is 0.240. The number of sulfonamides is 2. The molecule has 1 aromatic heterocycles. The summed E-state index contributed by atoms with van der Waals surface area (Å²) in [5.41, 5.74) is 2.88. The molecule has 9 nitrogen and oxygen atoms in total. The molecule has 0 aliphatic carbocycles. The van der Waals surface area contributed by atoms with E-state index < -0.39 is 32.5 Å². The number of para-hydroxylation sites is 1. The third kappa shape index (κ3) is 4.81. The average molecular weight is 529 g/mol. The molecule has 0 fully saturated rings. The predicted molar refractivity (Wildman–Crippen MR) is 143 cm³/mol. The van der Waals surface area contributed by atoms with Crippen LogP contribution in [0.2, 0.25) is 0 Å². The van der Waals surface area contributed by atoms with Crippen molar-refractivity contribution in [1.82, 2.24) is 8.87 Å². The van der Waals surface area contributed by atoms with Gasteiger partial charge >= 0.3 is 0 Å². The Morgan fingerprint density at radius 1 is 0.889 bits per heavy atom. The fourth-order valence-electron chi connectivity index (χ4n) is 4.20. The van der Waals surface area contributed by atoms with Gasteiger partial charge in [0.25, 0.3) is 0 Å². The van der Waals surface area contributed by atoms with Gasteiger partial charge in [-0.3, -0.25) is 9.10 Å². The van der Waals surface area contributed by atoms with E-state index in [1.165, 1.54) is 38.4 Å². The molecule has 1 amide bonds. The van der Waals surface area contributed by atoms with Gasteiger partial charge in [-0.2, -0.15) is 0 Å². The summed E-state index contributed by atoms with van der Waals surface area (Å²) in [6, 6.07) is 19.0. The van der Waals surface area contributed by atoms with E-state index in [1.807, 2.05) is 30.3 Å². The summed E-state index contributed by atoms with van der Waals surface area (Å²) in [4.78, 5) is 12.9. The molecule has 4 rings (SSSR count). The highest BCUT2D eigenvalue weighted by atomic mass is 32.2. The minimum atomic E-state index is -3.82. The Hall–Kier alpha value is -3.41. The van der Waals surface area contributed by atoms with E-state index in [4.69, 9.17) is 0 Å². The molecule has 0 radical (unpaired) electrons. The smallest absolute Gasteiger partial charge is 0.245 e. The van der Waals surface area contributed by atoms with Gasteiger partial charge in [-0.15, -0.1) is 0 Å². The molecule has 0 aliphatic heterocycles. The van der Waals surface area contributed by atoms with E-state index >= 15 is 0 Å². The molecule has 0 aliphatic rings. The molecule has 11 heteroatoms. The van der Waals surface area contributed by atoms with Crippen molar-refractivity contribution >= 4 is 59.1 Å². The molecule has 1 N–H and O–H groups in total. The van der Waals surface area contributed by atoms with Gasteiger partial charge in [0.1, 0.15) is 6.54 Å². The first kappa shape index (κ1) is 25.7. The number of rotatable bonds is 8. The Bertz CT molecular complexity index is 1660. The van der Waals surface area contributed by atoms with Crippen molar-refractivity contribution in [2.24, 2.45) is 0 Å². The number of carbonyl (C=O) groups is 1. The van der Waals surface area contributed by atoms with Crippen molar-refractivity contribution in [3.63, 3.8) is 0 Å². The molecule has 0 bridgehead atoms. The Morgan fingerprint density at radius 3 is 2.14 bits per heavy atom. The number of benzene rings is 3. The fourth-order valence-corrected chi connectivity index (χ4v) is 5.96. The Balaban J connectivity index is 1.60. The largest absolute Gasteiger partial charge is 0.341 e. The molecular weight excluding hydrogens is 500 g/mol. The lowest BCUT2D eigenvalue weighted by atomic mass is 10.1. The second-order valence-corrected chi connectivity index (χ2v) is 12.7. The van der Waals surface area contributed by atoms with Crippen LogP contribution in [0.4, 0.5) is 11.4 Å². The Kier molecular flexibility index (Phi) is 6.82. The van der Waals surface area contributed by atoms with Crippen LogP contribution in [0.3, 0.4) is 0 Å². The minimum absolute atomic E-state index is 0.0219. The molecule has 0 unspecified atom stereocenters. The zero-order valence-corrected chi connectivity index (χ0v) is 22.1. The maximum Gasteiger partial charge on any atom is 0.245 e. The number of aromatic nitrogens is 1. The van der Waals surface area contributed by atoms with Crippen molar-refractivity contribution < 1.29 is 21.6 Å². The van der Waals surface area contributed by atoms with E-state index in [0.29, 0.717) is 5.69 Å². The topological polar surface area (TPSA) is 109 Å². The normalized spacial score (nSPS) is 12.4. The van der Waals surface area contributed by atoms with Crippen LogP contribution in [-0.4, -0.2) is 58.5 Å². The summed E-state index contributed by atoms with van der Waals surface area (Å²) in [6.07, 6.45) is 0.996. The first-order valence-corrected chi connectivity index (χ1v) is 14.5. The third-order valence-corrected chi connectivity index (χ3v) is 8.93. The molecule has 0 spiro atoms. The Labute approximate surface area is 211 Å². The minimum Gasteiger partial charge on any atom is -0.341 e. The number of aryl methyl sites for hydroxylation is 1. The average Bonchev–Trinajstić information content (AvgIpc) is 3.15. The second-order valence-electron chi connectivity index (χ2n) is 8.59. The van der Waals surface area contributed by atoms with Crippen molar-refractivity contribution in [3.8, 4) is 0 Å². The number of hydrogen-bond acceptors (Lipinski definition) is 5. The molecule has 3 aromatic carbocycles. The molecule has 4 aromatic rings. The van der Waals surface area contributed by atoms with Gasteiger partial charge in [0.05, 0.1) is 16.8 Å². The van der Waals surface area contributed by atoms with Crippen LogP contribution in [-0.2, 0) is 31.4 Å². The molecule has 0 atom stereocenters. The highest BCUT2D eigenvalue weighted by molar-refractivity contribution is 7.92. The number of nitrogens with zero attached hydrogens (tertiary/aromatic N) is 3. The first-order chi connectivity index (χ1) is 16.9. The van der Waals surface area contributed by atoms with Crippen molar-refractivity contribution in [1.29, 1.82) is 0 Å². The van der Waals surface area contributed by atoms with Crippen LogP contribution in [0.25, 0.3) is 21.8 Å². The van der Waals surface area contributed by atoms with Crippen molar-refractivity contribution in [3.05, 3.63) is 66.7 Å². The van der Waals surface area contributed by atoms with Gasteiger partial charge in [0.15, 0.2) is 0 Å². The molecule has 1 heterocycles. The number of carbonyl (C=O) groups excluding carboxylic acids is 1. The molecule has 36 heavy (non-hydrogen) atoms. The van der Waals surface area contributed by atoms with Gasteiger partial charge in [-0.25, -0.2) is 21.1 Å². The lowest BCUT2D eigenvalue weighted by molar-refractivity contribution is -0.114. The number of amides is 1. The predicted octanol–water partition coefficient (Wildman–Crippen LogP) is 3.47. The van der Waals surface area contributed by atoms with E-state index in [2.05, 4.69) is 22.9 Å². The molecular formula is C25H28N4O5S2. The first-order valence-electron chi connectivity index (χ1n) is 11.2. The van der Waals surface area contributed by atoms with Gasteiger partial charge in [-0.05, 0) is 55.5 Å². The van der Waals surface area contributed by atoms with E-state index in [9.17, 15) is 21.6 Å². The number of anilines is 2. The van der Waals surface area contributed by atoms with E-state index in [-0.39, 0.29) is 10.6 Å². The monoisotopic (exact) mass is 528 g/mol. The van der Waals surface area contributed by atoms with Gasteiger partial charge in [0.2, 0.25) is 26.0 Å². The summed E-state index contributed by atoms with van der Waals surface area (Å²) < 4.78 is 53.8. The molecule has 0 saturated carbocycles. The summed E-state index contributed by atoms with van der Waals surface area (Å²) >= 11 is 0. The number of nitrogens with one attached hydrogen (secondary N) is 1. The highest BCUT2D eigenvalue weighted by Gasteiger charge is 2.23. The van der Waals surface area contributed by atoms with Crippen LogP contribution in [0.5, 0.6) is 0 Å². The number of hydrogen-bond donors (Lipinski definition) is 1. The molecule has 0 saturated heterocycles. The summed E-state index contributed by atoms with van der Waals surface area (Å²) in [6.45, 7) is 2.41.